The van der Waals surface area contributed by atoms with Crippen LogP contribution in [0.25, 0.3) is 0 Å². The van der Waals surface area contributed by atoms with Crippen molar-refractivity contribution in [1.82, 2.24) is 4.90 Å². The molecule has 2 saturated heterocycles. The quantitative estimate of drug-likeness (QED) is 0.720. The molecule has 0 radical (unpaired) electrons. The van der Waals surface area contributed by atoms with Crippen molar-refractivity contribution < 1.29 is 19.7 Å². The molecule has 174 valence electrons. The van der Waals surface area contributed by atoms with Crippen molar-refractivity contribution in [3.8, 4) is 5.75 Å². The van der Waals surface area contributed by atoms with Crippen molar-refractivity contribution in [1.29, 1.82) is 0 Å². The molecule has 0 aliphatic carbocycles. The molecule has 6 heteroatoms. The smallest absolute Gasteiger partial charge is 0.134 e. The van der Waals surface area contributed by atoms with Crippen molar-refractivity contribution in [3.05, 3.63) is 59.7 Å². The van der Waals surface area contributed by atoms with Gasteiger partial charge in [-0.25, -0.2) is 0 Å². The molecule has 1 unspecified atom stereocenters. The Hall–Kier alpha value is -2.12. The second kappa shape index (κ2) is 9.79. The van der Waals surface area contributed by atoms with Crippen LogP contribution in [0.5, 0.6) is 5.75 Å². The molecule has 4 rings (SSSR count). The molecular weight excluding hydrogens is 404 g/mol. The Morgan fingerprint density at radius 1 is 0.969 bits per heavy atom. The minimum absolute atomic E-state index is 0.161. The van der Waals surface area contributed by atoms with Crippen LogP contribution in [0.1, 0.15) is 24.0 Å². The lowest BCUT2D eigenvalue weighted by Gasteiger charge is -2.42. The maximum Gasteiger partial charge on any atom is 0.134 e. The summed E-state index contributed by atoms with van der Waals surface area (Å²) in [6.45, 7) is 8.32. The lowest BCUT2D eigenvalue weighted by Crippen LogP contribution is -2.55. The van der Waals surface area contributed by atoms with Gasteiger partial charge in [-0.2, -0.15) is 0 Å². The number of hydrogen-bond acceptors (Lipinski definition) is 6. The molecule has 2 aliphatic rings. The van der Waals surface area contributed by atoms with Crippen LogP contribution in [-0.4, -0.2) is 78.9 Å². The van der Waals surface area contributed by atoms with E-state index in [1.807, 2.05) is 31.2 Å². The SMILES string of the molecule is Cc1cccc(N2CCC(O)(CN3CCOCC(O)(COc4ccccc4C)C3)CC2)c1. The van der Waals surface area contributed by atoms with Crippen LogP contribution >= 0.6 is 0 Å². The Kier molecular flexibility index (Phi) is 7.05. The van der Waals surface area contributed by atoms with Crippen molar-refractivity contribution in [2.24, 2.45) is 0 Å². The van der Waals surface area contributed by atoms with Gasteiger partial charge in [0.05, 0.1) is 18.8 Å². The lowest BCUT2D eigenvalue weighted by atomic mass is 9.90. The summed E-state index contributed by atoms with van der Waals surface area (Å²) >= 11 is 0. The molecule has 2 heterocycles. The van der Waals surface area contributed by atoms with Crippen molar-refractivity contribution >= 4 is 5.69 Å². The van der Waals surface area contributed by atoms with Crippen LogP contribution in [0.2, 0.25) is 0 Å². The molecule has 0 amide bonds. The number of rotatable bonds is 6. The summed E-state index contributed by atoms with van der Waals surface area (Å²) in [4.78, 5) is 4.48. The highest BCUT2D eigenvalue weighted by atomic mass is 16.5. The van der Waals surface area contributed by atoms with E-state index in [0.29, 0.717) is 39.1 Å². The lowest BCUT2D eigenvalue weighted by molar-refractivity contribution is -0.0743. The van der Waals surface area contributed by atoms with Crippen LogP contribution in [0, 0.1) is 13.8 Å². The Morgan fingerprint density at radius 2 is 1.75 bits per heavy atom. The molecule has 6 nitrogen and oxygen atoms in total. The summed E-state index contributed by atoms with van der Waals surface area (Å²) in [6, 6.07) is 16.3. The number of β-amino-alcohol motifs (C(OH)–C–C–N with tert-alkyl or cyclic N) is 2. The van der Waals surface area contributed by atoms with Crippen LogP contribution in [0.4, 0.5) is 5.69 Å². The fourth-order valence-electron chi connectivity index (χ4n) is 4.73. The van der Waals surface area contributed by atoms with E-state index in [0.717, 1.165) is 24.4 Å². The number of aliphatic hydroxyl groups is 2. The van der Waals surface area contributed by atoms with Crippen molar-refractivity contribution in [2.45, 2.75) is 37.9 Å². The first kappa shape index (κ1) is 23.1. The maximum absolute atomic E-state index is 11.3. The summed E-state index contributed by atoms with van der Waals surface area (Å²) in [5.41, 5.74) is 1.63. The summed E-state index contributed by atoms with van der Waals surface area (Å²) in [5, 5.41) is 22.5. The maximum atomic E-state index is 11.3. The van der Waals surface area contributed by atoms with Crippen LogP contribution in [-0.2, 0) is 4.74 Å². The number of aryl methyl sites for hydroxylation is 2. The molecule has 2 aliphatic heterocycles. The fraction of sp³-hybridized carbons (Fsp3) is 0.538. The molecule has 1 atom stereocenters. The fourth-order valence-corrected chi connectivity index (χ4v) is 4.73. The van der Waals surface area contributed by atoms with E-state index in [1.165, 1.54) is 11.3 Å². The highest BCUT2D eigenvalue weighted by Crippen LogP contribution is 2.29. The third-order valence-corrected chi connectivity index (χ3v) is 6.61. The van der Waals surface area contributed by atoms with Gasteiger partial charge in [-0.3, -0.25) is 4.90 Å². The first-order valence-corrected chi connectivity index (χ1v) is 11.6. The van der Waals surface area contributed by atoms with E-state index >= 15 is 0 Å². The van der Waals surface area contributed by atoms with Crippen LogP contribution in [0.3, 0.4) is 0 Å². The number of para-hydroxylation sites is 1. The van der Waals surface area contributed by atoms with Gasteiger partial charge in [-0.15, -0.1) is 0 Å². The third-order valence-electron chi connectivity index (χ3n) is 6.61. The zero-order valence-electron chi connectivity index (χ0n) is 19.3. The molecular formula is C26H36N2O4. The van der Waals surface area contributed by atoms with Crippen LogP contribution < -0.4 is 9.64 Å². The first-order chi connectivity index (χ1) is 15.3. The molecule has 2 aromatic rings. The summed E-state index contributed by atoms with van der Waals surface area (Å²) in [7, 11) is 0. The van der Waals surface area contributed by atoms with E-state index < -0.39 is 11.2 Å². The van der Waals surface area contributed by atoms with E-state index in [9.17, 15) is 10.2 Å². The Morgan fingerprint density at radius 3 is 2.50 bits per heavy atom. The van der Waals surface area contributed by atoms with E-state index in [1.54, 1.807) is 0 Å². The number of nitrogens with zero attached hydrogens (tertiary/aromatic N) is 2. The van der Waals surface area contributed by atoms with Gasteiger partial charge in [0.15, 0.2) is 0 Å². The molecule has 0 aromatic heterocycles. The monoisotopic (exact) mass is 440 g/mol. The zero-order chi connectivity index (χ0) is 22.6. The van der Waals surface area contributed by atoms with Crippen LogP contribution in [0.15, 0.2) is 48.5 Å². The Bertz CT molecular complexity index is 897. The average molecular weight is 441 g/mol. The minimum Gasteiger partial charge on any atom is -0.490 e. The predicted octanol–water partition coefficient (Wildman–Crippen LogP) is 2.78. The normalized spacial score (nSPS) is 24.2. The standard InChI is InChI=1S/C26H36N2O4/c1-21-6-5-8-23(16-21)28-12-10-25(29,11-13-28)17-27-14-15-31-19-26(30,18-27)20-32-24-9-4-3-7-22(24)2/h3-9,16,29-30H,10-15,17-20H2,1-2H3. The Labute approximate surface area is 191 Å². The van der Waals surface area contributed by atoms with E-state index in [2.05, 4.69) is 41.0 Å². The second-order valence-corrected chi connectivity index (χ2v) is 9.59. The zero-order valence-corrected chi connectivity index (χ0v) is 19.3. The minimum atomic E-state index is -1.11. The highest BCUT2D eigenvalue weighted by molar-refractivity contribution is 5.48. The predicted molar refractivity (Wildman–Crippen MR) is 126 cm³/mol. The van der Waals surface area contributed by atoms with Gasteiger partial charge in [0.25, 0.3) is 0 Å². The Balaban J connectivity index is 1.34. The van der Waals surface area contributed by atoms with E-state index in [-0.39, 0.29) is 13.2 Å². The van der Waals surface area contributed by atoms with Gasteiger partial charge >= 0.3 is 0 Å². The summed E-state index contributed by atoms with van der Waals surface area (Å²) in [6.07, 6.45) is 1.41. The van der Waals surface area contributed by atoms with Gasteiger partial charge in [0.2, 0.25) is 0 Å². The van der Waals surface area contributed by atoms with Gasteiger partial charge in [0, 0.05) is 38.4 Å². The third kappa shape index (κ3) is 5.81. The largest absolute Gasteiger partial charge is 0.490 e. The van der Waals surface area contributed by atoms with E-state index in [4.69, 9.17) is 9.47 Å². The number of ether oxygens (including phenoxy) is 2. The van der Waals surface area contributed by atoms with Gasteiger partial charge in [-0.1, -0.05) is 30.3 Å². The summed E-state index contributed by atoms with van der Waals surface area (Å²) < 4.78 is 11.7. The molecule has 0 saturated carbocycles. The number of piperidine rings is 1. The molecule has 2 N–H and O–H groups in total. The van der Waals surface area contributed by atoms with Gasteiger partial charge < -0.3 is 24.6 Å². The molecule has 2 aromatic carbocycles. The number of hydrogen-bond donors (Lipinski definition) is 2. The second-order valence-electron chi connectivity index (χ2n) is 9.59. The summed E-state index contributed by atoms with van der Waals surface area (Å²) in [5.74, 6) is 0.777. The van der Waals surface area contributed by atoms with Crippen molar-refractivity contribution in [2.75, 3.05) is 57.4 Å². The van der Waals surface area contributed by atoms with Crippen molar-refractivity contribution in [3.63, 3.8) is 0 Å². The highest BCUT2D eigenvalue weighted by Gasteiger charge is 2.39. The molecule has 2 fully saturated rings. The molecule has 0 spiro atoms. The molecule has 32 heavy (non-hydrogen) atoms. The number of anilines is 1. The number of benzene rings is 2. The van der Waals surface area contributed by atoms with Gasteiger partial charge in [0.1, 0.15) is 18.0 Å². The average Bonchev–Trinajstić information content (AvgIpc) is 2.94. The topological polar surface area (TPSA) is 65.4 Å². The first-order valence-electron chi connectivity index (χ1n) is 11.6. The van der Waals surface area contributed by atoms with Gasteiger partial charge in [-0.05, 0) is 56.0 Å². The molecule has 0 bridgehead atoms.